The summed E-state index contributed by atoms with van der Waals surface area (Å²) in [5, 5.41) is 5.97. The highest BCUT2D eigenvalue weighted by Gasteiger charge is 2.32. The molecular weight excluding hydrogens is 487 g/mol. The van der Waals surface area contributed by atoms with E-state index in [-0.39, 0.29) is 19.7 Å². The standard InChI is InChI=1S/C23H27F5N6O2.H2/c1-4-16(6-11-36-19(5-2)18-12-17(22(3,24)25)20(35)32-31-18)33-7-9-34(10-8-33)21-29-13-15(14-30-21)23(26,27)28;/h12-14,19H,1,5-11H2,2-3H3,(H,32,35);1H. The summed E-state index contributed by atoms with van der Waals surface area (Å²) >= 11 is 0. The van der Waals surface area contributed by atoms with Gasteiger partial charge in [0.2, 0.25) is 5.95 Å². The third-order valence-corrected chi connectivity index (χ3v) is 5.77. The van der Waals surface area contributed by atoms with Gasteiger partial charge in [-0.15, -0.1) is 5.73 Å². The predicted molar refractivity (Wildman–Crippen MR) is 124 cm³/mol. The number of piperazine rings is 1. The van der Waals surface area contributed by atoms with Gasteiger partial charge < -0.3 is 14.5 Å². The number of hydrogen-bond acceptors (Lipinski definition) is 7. The Labute approximate surface area is 206 Å². The van der Waals surface area contributed by atoms with Gasteiger partial charge in [0.05, 0.1) is 29.1 Å². The minimum absolute atomic E-state index is 0. The van der Waals surface area contributed by atoms with Gasteiger partial charge in [-0.25, -0.2) is 23.8 Å². The SMILES string of the molecule is C=C=C(CCOC(CC)c1cc(C(C)(F)F)c(=O)[nH]n1)N1CCN(c2ncc(C(F)(F)F)cn2)CC1.[HH]. The molecule has 1 N–H and O–H groups in total. The Balaban J connectivity index is 0.00000481. The summed E-state index contributed by atoms with van der Waals surface area (Å²) in [7, 11) is 0. The number of halogens is 5. The van der Waals surface area contributed by atoms with Crippen LogP contribution in [-0.2, 0) is 16.8 Å². The summed E-state index contributed by atoms with van der Waals surface area (Å²) in [6.07, 6.45) is -2.65. The van der Waals surface area contributed by atoms with Crippen molar-refractivity contribution in [1.82, 2.24) is 25.1 Å². The van der Waals surface area contributed by atoms with Crippen molar-refractivity contribution in [3.63, 3.8) is 0 Å². The maximum absolute atomic E-state index is 13.7. The largest absolute Gasteiger partial charge is 0.419 e. The Morgan fingerprint density at radius 3 is 2.39 bits per heavy atom. The number of anilines is 1. The first-order chi connectivity index (χ1) is 16.9. The lowest BCUT2D eigenvalue weighted by Crippen LogP contribution is -2.46. The van der Waals surface area contributed by atoms with Crippen LogP contribution in [0.15, 0.2) is 41.3 Å². The molecule has 0 bridgehead atoms. The van der Waals surface area contributed by atoms with Gasteiger partial charge in [0.25, 0.3) is 11.5 Å². The van der Waals surface area contributed by atoms with Gasteiger partial charge >= 0.3 is 6.18 Å². The quantitative estimate of drug-likeness (QED) is 0.393. The van der Waals surface area contributed by atoms with E-state index in [4.69, 9.17) is 4.74 Å². The van der Waals surface area contributed by atoms with E-state index in [0.29, 0.717) is 45.9 Å². The molecule has 1 aliphatic heterocycles. The van der Waals surface area contributed by atoms with Gasteiger partial charge in [0.1, 0.15) is 6.10 Å². The minimum Gasteiger partial charge on any atom is -0.371 e. The van der Waals surface area contributed by atoms with Gasteiger partial charge in [-0.05, 0) is 12.5 Å². The molecule has 0 radical (unpaired) electrons. The second kappa shape index (κ2) is 11.2. The maximum atomic E-state index is 13.7. The number of rotatable bonds is 9. The van der Waals surface area contributed by atoms with E-state index in [2.05, 4.69) is 32.5 Å². The van der Waals surface area contributed by atoms with E-state index < -0.39 is 34.9 Å². The van der Waals surface area contributed by atoms with Gasteiger partial charge in [0.15, 0.2) is 0 Å². The fourth-order valence-corrected chi connectivity index (χ4v) is 3.79. The van der Waals surface area contributed by atoms with Crippen LogP contribution in [0.1, 0.15) is 51.0 Å². The molecule has 2 aromatic heterocycles. The molecule has 1 saturated heterocycles. The summed E-state index contributed by atoms with van der Waals surface area (Å²) in [5.41, 5.74) is 1.38. The number of aromatic amines is 1. The van der Waals surface area contributed by atoms with Gasteiger partial charge in [-0.3, -0.25) is 4.79 Å². The normalized spacial score (nSPS) is 15.5. The molecule has 198 valence electrons. The number of nitrogens with zero attached hydrogens (tertiary/aromatic N) is 5. The van der Waals surface area contributed by atoms with Crippen LogP contribution in [0.5, 0.6) is 0 Å². The monoisotopic (exact) mass is 516 g/mol. The van der Waals surface area contributed by atoms with Crippen LogP contribution in [-0.4, -0.2) is 57.9 Å². The molecule has 2 aromatic rings. The number of H-pyrrole nitrogens is 1. The molecule has 0 aromatic carbocycles. The Bertz CT molecular complexity index is 1140. The van der Waals surface area contributed by atoms with Crippen molar-refractivity contribution in [2.24, 2.45) is 0 Å². The first kappa shape index (κ1) is 27.3. The molecule has 3 rings (SSSR count). The van der Waals surface area contributed by atoms with E-state index in [0.717, 1.165) is 24.2 Å². The summed E-state index contributed by atoms with van der Waals surface area (Å²) in [5.74, 6) is -3.08. The summed E-state index contributed by atoms with van der Waals surface area (Å²) in [6, 6.07) is 1.07. The van der Waals surface area contributed by atoms with Crippen molar-refractivity contribution in [2.45, 2.75) is 44.9 Å². The van der Waals surface area contributed by atoms with E-state index in [9.17, 15) is 26.7 Å². The fourth-order valence-electron chi connectivity index (χ4n) is 3.79. The molecule has 0 aliphatic carbocycles. The number of ether oxygens (including phenoxy) is 1. The topological polar surface area (TPSA) is 87.2 Å². The molecule has 1 fully saturated rings. The van der Waals surface area contributed by atoms with Crippen LogP contribution in [0, 0.1) is 0 Å². The van der Waals surface area contributed by atoms with Gasteiger partial charge in [0, 0.05) is 53.3 Å². The highest BCUT2D eigenvalue weighted by Crippen LogP contribution is 2.29. The lowest BCUT2D eigenvalue weighted by molar-refractivity contribution is -0.138. The van der Waals surface area contributed by atoms with E-state index >= 15 is 0 Å². The Morgan fingerprint density at radius 1 is 1.22 bits per heavy atom. The third-order valence-electron chi connectivity index (χ3n) is 5.77. The Kier molecular flexibility index (Phi) is 8.47. The van der Waals surface area contributed by atoms with Crippen molar-refractivity contribution in [1.29, 1.82) is 0 Å². The zero-order chi connectivity index (χ0) is 26.5. The lowest BCUT2D eigenvalue weighted by Gasteiger charge is -2.36. The highest BCUT2D eigenvalue weighted by atomic mass is 19.4. The average molecular weight is 517 g/mol. The molecule has 8 nitrogen and oxygen atoms in total. The second-order valence-electron chi connectivity index (χ2n) is 8.31. The molecule has 0 spiro atoms. The summed E-state index contributed by atoms with van der Waals surface area (Å²) in [4.78, 5) is 23.2. The average Bonchev–Trinajstić information content (AvgIpc) is 2.84. The maximum Gasteiger partial charge on any atom is 0.419 e. The van der Waals surface area contributed by atoms with Crippen molar-refractivity contribution < 1.29 is 28.1 Å². The smallest absolute Gasteiger partial charge is 0.371 e. The number of aromatic nitrogens is 4. The summed E-state index contributed by atoms with van der Waals surface area (Å²) < 4.78 is 71.4. The minimum atomic E-state index is -4.49. The lowest BCUT2D eigenvalue weighted by atomic mass is 10.1. The van der Waals surface area contributed by atoms with Crippen molar-refractivity contribution in [3.8, 4) is 0 Å². The van der Waals surface area contributed by atoms with Gasteiger partial charge in [-0.2, -0.15) is 18.3 Å². The second-order valence-corrected chi connectivity index (χ2v) is 8.31. The molecule has 0 amide bonds. The number of nitrogens with one attached hydrogen (secondary N) is 1. The van der Waals surface area contributed by atoms with Crippen LogP contribution >= 0.6 is 0 Å². The molecule has 0 saturated carbocycles. The van der Waals surface area contributed by atoms with Crippen molar-refractivity contribution >= 4 is 5.95 Å². The zero-order valence-electron chi connectivity index (χ0n) is 19.9. The summed E-state index contributed by atoms with van der Waals surface area (Å²) in [6.45, 7) is 8.51. The number of hydrogen-bond donors (Lipinski definition) is 1. The van der Waals surface area contributed by atoms with Crippen LogP contribution < -0.4 is 10.5 Å². The van der Waals surface area contributed by atoms with Crippen LogP contribution in [0.3, 0.4) is 0 Å². The van der Waals surface area contributed by atoms with Crippen LogP contribution in [0.2, 0.25) is 0 Å². The molecule has 1 atom stereocenters. The molecule has 3 heterocycles. The molecule has 36 heavy (non-hydrogen) atoms. The van der Waals surface area contributed by atoms with Crippen molar-refractivity contribution in [3.05, 3.63) is 63.6 Å². The number of alkyl halides is 5. The molecule has 1 unspecified atom stereocenters. The zero-order valence-corrected chi connectivity index (χ0v) is 19.9. The molecule has 13 heteroatoms. The first-order valence-corrected chi connectivity index (χ1v) is 11.3. The highest BCUT2D eigenvalue weighted by molar-refractivity contribution is 5.31. The predicted octanol–water partition coefficient (Wildman–Crippen LogP) is 4.29. The van der Waals surface area contributed by atoms with Crippen molar-refractivity contribution in [2.75, 3.05) is 37.7 Å². The molecule has 1 aliphatic rings. The van der Waals surface area contributed by atoms with Crippen LogP contribution in [0.4, 0.5) is 27.9 Å². The van der Waals surface area contributed by atoms with E-state index in [1.165, 1.54) is 0 Å². The van der Waals surface area contributed by atoms with E-state index in [1.54, 1.807) is 4.90 Å². The molecular formula is C23H29F5N6O2. The first-order valence-electron chi connectivity index (χ1n) is 11.3. The Hall–Kier alpha value is -3.31. The Morgan fingerprint density at radius 2 is 1.86 bits per heavy atom. The van der Waals surface area contributed by atoms with E-state index in [1.807, 2.05) is 11.8 Å². The van der Waals surface area contributed by atoms with Crippen LogP contribution in [0.25, 0.3) is 0 Å². The fraction of sp³-hybridized carbons (Fsp3) is 0.522. The third kappa shape index (κ3) is 6.67. The van der Waals surface area contributed by atoms with Gasteiger partial charge in [-0.1, -0.05) is 13.5 Å².